The number of rotatable bonds is 3. The highest BCUT2D eigenvalue weighted by Crippen LogP contribution is 2.22. The van der Waals surface area contributed by atoms with Crippen LogP contribution in [0.2, 0.25) is 0 Å². The van der Waals surface area contributed by atoms with E-state index in [1.54, 1.807) is 0 Å². The van der Waals surface area contributed by atoms with Crippen LogP contribution in [-0.4, -0.2) is 43.7 Å². The molecule has 0 atom stereocenters. The Labute approximate surface area is 102 Å². The van der Waals surface area contributed by atoms with E-state index in [1.165, 1.54) is 0 Å². The fourth-order valence-electron chi connectivity index (χ4n) is 2.66. The van der Waals surface area contributed by atoms with Gasteiger partial charge in [0.05, 0.1) is 6.61 Å². The fraction of sp³-hybridized carbons (Fsp3) is 0.917. The summed E-state index contributed by atoms with van der Waals surface area (Å²) in [7, 11) is 0. The lowest BCUT2D eigenvalue weighted by Gasteiger charge is -2.34. The van der Waals surface area contributed by atoms with Gasteiger partial charge in [0.25, 0.3) is 0 Å². The molecule has 0 spiro atoms. The molecule has 2 N–H and O–H groups in total. The largest absolute Gasteiger partial charge is 0.381 e. The van der Waals surface area contributed by atoms with Gasteiger partial charge in [-0.3, -0.25) is 4.79 Å². The van der Waals surface area contributed by atoms with E-state index in [9.17, 15) is 4.79 Å². The maximum absolute atomic E-state index is 12.2. The number of piperidine rings is 1. The van der Waals surface area contributed by atoms with Gasteiger partial charge >= 0.3 is 0 Å². The minimum Gasteiger partial charge on any atom is -0.381 e. The number of amides is 1. The van der Waals surface area contributed by atoms with Gasteiger partial charge in [-0.15, -0.1) is 0 Å². The fourth-order valence-corrected chi connectivity index (χ4v) is 2.66. The Kier molecular flexibility index (Phi) is 4.76. The molecule has 5 nitrogen and oxygen atoms in total. The van der Waals surface area contributed by atoms with Gasteiger partial charge in [0.15, 0.2) is 0 Å². The molecule has 0 saturated carbocycles. The lowest BCUT2D eigenvalue weighted by Crippen LogP contribution is -2.43. The van der Waals surface area contributed by atoms with Crippen molar-refractivity contribution in [2.45, 2.75) is 25.7 Å². The molecule has 98 valence electrons. The average Bonchev–Trinajstić information content (AvgIpc) is 2.40. The highest BCUT2D eigenvalue weighted by atomic mass is 16.6. The molecule has 0 aromatic heterocycles. The van der Waals surface area contributed by atoms with Crippen LogP contribution in [0.3, 0.4) is 0 Å². The zero-order valence-electron chi connectivity index (χ0n) is 10.3. The van der Waals surface area contributed by atoms with Crippen molar-refractivity contribution in [3.05, 3.63) is 0 Å². The summed E-state index contributed by atoms with van der Waals surface area (Å²) in [5.74, 6) is 6.10. The first kappa shape index (κ1) is 12.8. The molecule has 5 heteroatoms. The SMILES string of the molecule is NOCC1CCN(C(=O)C2CCOCC2)CC1. The molecule has 0 bridgehead atoms. The predicted octanol–water partition coefficient (Wildman–Crippen LogP) is 0.542. The standard InChI is InChI=1S/C12H22N2O3/c13-17-9-10-1-5-14(6-2-10)12(15)11-3-7-16-8-4-11/h10-11H,1-9,13H2. The van der Waals surface area contributed by atoms with Crippen LogP contribution < -0.4 is 5.90 Å². The smallest absolute Gasteiger partial charge is 0.225 e. The lowest BCUT2D eigenvalue weighted by molar-refractivity contribution is -0.140. The summed E-state index contributed by atoms with van der Waals surface area (Å²) < 4.78 is 5.29. The Balaban J connectivity index is 1.77. The van der Waals surface area contributed by atoms with E-state index in [4.69, 9.17) is 10.6 Å². The van der Waals surface area contributed by atoms with E-state index in [0.717, 1.165) is 52.0 Å². The van der Waals surface area contributed by atoms with Crippen LogP contribution in [0.25, 0.3) is 0 Å². The van der Waals surface area contributed by atoms with Crippen LogP contribution in [0.4, 0.5) is 0 Å². The second-order valence-corrected chi connectivity index (χ2v) is 4.99. The predicted molar refractivity (Wildman–Crippen MR) is 63.0 cm³/mol. The van der Waals surface area contributed by atoms with Crippen molar-refractivity contribution in [3.8, 4) is 0 Å². The van der Waals surface area contributed by atoms with Gasteiger partial charge in [-0.25, -0.2) is 5.90 Å². The molecular formula is C12H22N2O3. The molecule has 0 aliphatic carbocycles. The van der Waals surface area contributed by atoms with Gasteiger partial charge < -0.3 is 14.5 Å². The van der Waals surface area contributed by atoms with E-state index < -0.39 is 0 Å². The van der Waals surface area contributed by atoms with Crippen LogP contribution in [0.5, 0.6) is 0 Å². The van der Waals surface area contributed by atoms with Gasteiger partial charge in [0.1, 0.15) is 0 Å². The third-order valence-electron chi connectivity index (χ3n) is 3.83. The van der Waals surface area contributed by atoms with Crippen molar-refractivity contribution in [2.75, 3.05) is 32.9 Å². The normalized spacial score (nSPS) is 23.9. The Bertz CT molecular complexity index is 246. The molecule has 0 unspecified atom stereocenters. The average molecular weight is 242 g/mol. The molecule has 17 heavy (non-hydrogen) atoms. The molecule has 2 fully saturated rings. The van der Waals surface area contributed by atoms with Gasteiger partial charge in [-0.05, 0) is 31.6 Å². The van der Waals surface area contributed by atoms with Crippen molar-refractivity contribution >= 4 is 5.91 Å². The van der Waals surface area contributed by atoms with E-state index in [-0.39, 0.29) is 5.92 Å². The van der Waals surface area contributed by atoms with Crippen LogP contribution >= 0.6 is 0 Å². The van der Waals surface area contributed by atoms with Gasteiger partial charge in [0.2, 0.25) is 5.91 Å². The number of likely N-dealkylation sites (tertiary alicyclic amines) is 1. The summed E-state index contributed by atoms with van der Waals surface area (Å²) in [5.41, 5.74) is 0. The van der Waals surface area contributed by atoms with Crippen molar-refractivity contribution < 1.29 is 14.4 Å². The minimum absolute atomic E-state index is 0.186. The monoisotopic (exact) mass is 242 g/mol. The third kappa shape index (κ3) is 3.40. The maximum Gasteiger partial charge on any atom is 0.225 e. The zero-order chi connectivity index (χ0) is 12.1. The molecule has 1 amide bonds. The second-order valence-electron chi connectivity index (χ2n) is 4.99. The number of hydrogen-bond donors (Lipinski definition) is 1. The van der Waals surface area contributed by atoms with Gasteiger partial charge in [-0.2, -0.15) is 0 Å². The van der Waals surface area contributed by atoms with Gasteiger partial charge in [-0.1, -0.05) is 0 Å². The van der Waals surface area contributed by atoms with Crippen LogP contribution in [-0.2, 0) is 14.4 Å². The Hall–Kier alpha value is -0.650. The maximum atomic E-state index is 12.2. The summed E-state index contributed by atoms with van der Waals surface area (Å²) >= 11 is 0. The number of carbonyl (C=O) groups excluding carboxylic acids is 1. The number of ether oxygens (including phenoxy) is 1. The van der Waals surface area contributed by atoms with Crippen LogP contribution in [0, 0.1) is 11.8 Å². The molecule has 0 radical (unpaired) electrons. The third-order valence-corrected chi connectivity index (χ3v) is 3.83. The van der Waals surface area contributed by atoms with E-state index in [1.807, 2.05) is 4.90 Å². The highest BCUT2D eigenvalue weighted by molar-refractivity contribution is 5.79. The quantitative estimate of drug-likeness (QED) is 0.734. The molecule has 0 aromatic carbocycles. The molecule has 2 rings (SSSR count). The summed E-state index contributed by atoms with van der Waals surface area (Å²) in [6.07, 6.45) is 3.77. The number of hydrogen-bond acceptors (Lipinski definition) is 4. The molecule has 2 saturated heterocycles. The van der Waals surface area contributed by atoms with E-state index in [0.29, 0.717) is 18.4 Å². The first-order valence-electron chi connectivity index (χ1n) is 6.49. The van der Waals surface area contributed by atoms with E-state index in [2.05, 4.69) is 4.84 Å². The highest BCUT2D eigenvalue weighted by Gasteiger charge is 2.29. The molecule has 2 aliphatic rings. The summed E-state index contributed by atoms with van der Waals surface area (Å²) in [6.45, 7) is 3.77. The molecular weight excluding hydrogens is 220 g/mol. The molecule has 2 heterocycles. The first-order valence-corrected chi connectivity index (χ1v) is 6.49. The molecule has 2 aliphatic heterocycles. The zero-order valence-corrected chi connectivity index (χ0v) is 10.3. The Morgan fingerprint density at radius 2 is 1.88 bits per heavy atom. The van der Waals surface area contributed by atoms with Crippen LogP contribution in [0.15, 0.2) is 0 Å². The van der Waals surface area contributed by atoms with Gasteiger partial charge in [0, 0.05) is 32.2 Å². The number of nitrogens with zero attached hydrogens (tertiary/aromatic N) is 1. The topological polar surface area (TPSA) is 64.8 Å². The van der Waals surface area contributed by atoms with Crippen molar-refractivity contribution in [1.82, 2.24) is 4.90 Å². The Morgan fingerprint density at radius 1 is 1.24 bits per heavy atom. The Morgan fingerprint density at radius 3 is 2.47 bits per heavy atom. The van der Waals surface area contributed by atoms with Crippen LogP contribution in [0.1, 0.15) is 25.7 Å². The van der Waals surface area contributed by atoms with E-state index >= 15 is 0 Å². The first-order chi connectivity index (χ1) is 8.31. The lowest BCUT2D eigenvalue weighted by atomic mass is 9.94. The second kappa shape index (κ2) is 6.33. The number of nitrogens with two attached hydrogens (primary N) is 1. The minimum atomic E-state index is 0.186. The summed E-state index contributed by atoms with van der Waals surface area (Å²) in [5, 5.41) is 0. The van der Waals surface area contributed by atoms with Crippen molar-refractivity contribution in [3.63, 3.8) is 0 Å². The summed E-state index contributed by atoms with van der Waals surface area (Å²) in [6, 6.07) is 0. The molecule has 0 aromatic rings. The summed E-state index contributed by atoms with van der Waals surface area (Å²) in [4.78, 5) is 18.9. The van der Waals surface area contributed by atoms with Crippen molar-refractivity contribution in [2.24, 2.45) is 17.7 Å². The number of carbonyl (C=O) groups is 1. The van der Waals surface area contributed by atoms with Crippen molar-refractivity contribution in [1.29, 1.82) is 0 Å².